The zero-order valence-electron chi connectivity index (χ0n) is 15.7. The van der Waals surface area contributed by atoms with Gasteiger partial charge in [0.2, 0.25) is 0 Å². The van der Waals surface area contributed by atoms with Crippen molar-refractivity contribution in [1.29, 1.82) is 0 Å². The number of carbonyl (C=O) groups is 1. The molecule has 0 aromatic heterocycles. The summed E-state index contributed by atoms with van der Waals surface area (Å²) in [6, 6.07) is 14.1. The van der Waals surface area contributed by atoms with Crippen molar-refractivity contribution < 1.29 is 19.2 Å². The quantitative estimate of drug-likeness (QED) is 0.822. The number of quaternary nitrogens is 1. The fourth-order valence-electron chi connectivity index (χ4n) is 3.49. The maximum absolute atomic E-state index is 12.6. The van der Waals surface area contributed by atoms with Gasteiger partial charge in [-0.1, -0.05) is 30.3 Å². The number of amides is 1. The van der Waals surface area contributed by atoms with Gasteiger partial charge < -0.3 is 19.7 Å². The van der Waals surface area contributed by atoms with E-state index in [0.717, 1.165) is 25.1 Å². The van der Waals surface area contributed by atoms with Crippen LogP contribution in [-0.4, -0.2) is 32.7 Å². The minimum atomic E-state index is -0.0801. The summed E-state index contributed by atoms with van der Waals surface area (Å²) in [4.78, 5) is 13.9. The van der Waals surface area contributed by atoms with Gasteiger partial charge >= 0.3 is 0 Å². The van der Waals surface area contributed by atoms with Crippen LogP contribution in [0.25, 0.3) is 0 Å². The number of ether oxygens (including phenoxy) is 2. The molecule has 3 rings (SSSR count). The van der Waals surface area contributed by atoms with Crippen molar-refractivity contribution >= 4 is 5.91 Å². The van der Waals surface area contributed by atoms with Gasteiger partial charge in [-0.2, -0.15) is 0 Å². The second-order valence-corrected chi connectivity index (χ2v) is 6.73. The Balaban J connectivity index is 1.58. The number of hydrogen-bond donors (Lipinski definition) is 2. The van der Waals surface area contributed by atoms with Gasteiger partial charge in [-0.15, -0.1) is 0 Å². The molecule has 26 heavy (non-hydrogen) atoms. The Labute approximate surface area is 154 Å². The molecule has 2 atom stereocenters. The molecule has 1 aliphatic heterocycles. The molecule has 138 valence electrons. The lowest BCUT2D eigenvalue weighted by atomic mass is 9.99. The van der Waals surface area contributed by atoms with Gasteiger partial charge in [0.25, 0.3) is 5.91 Å². The van der Waals surface area contributed by atoms with Crippen LogP contribution in [0.5, 0.6) is 11.5 Å². The summed E-state index contributed by atoms with van der Waals surface area (Å²) < 4.78 is 10.6. The van der Waals surface area contributed by atoms with E-state index in [9.17, 15) is 4.79 Å². The minimum Gasteiger partial charge on any atom is -0.493 e. The summed E-state index contributed by atoms with van der Waals surface area (Å²) in [5, 5.41) is 3.05. The maximum Gasteiger partial charge on any atom is 0.278 e. The average molecular weight is 355 g/mol. The number of rotatable bonds is 6. The Hall–Kier alpha value is -2.53. The first kappa shape index (κ1) is 18.3. The summed E-state index contributed by atoms with van der Waals surface area (Å²) >= 11 is 0. The Morgan fingerprint density at radius 2 is 1.85 bits per heavy atom. The molecule has 5 heteroatoms. The molecule has 0 saturated heterocycles. The van der Waals surface area contributed by atoms with Crippen LogP contribution in [0.1, 0.15) is 23.6 Å². The van der Waals surface area contributed by atoms with Crippen LogP contribution in [0, 0.1) is 0 Å². The van der Waals surface area contributed by atoms with E-state index in [1.807, 2.05) is 25.1 Å². The first-order chi connectivity index (χ1) is 12.6. The fourth-order valence-corrected chi connectivity index (χ4v) is 3.49. The summed E-state index contributed by atoms with van der Waals surface area (Å²) in [6.45, 7) is 4.38. The van der Waals surface area contributed by atoms with Crippen molar-refractivity contribution in [3.05, 3.63) is 59.2 Å². The number of hydrogen-bond acceptors (Lipinski definition) is 3. The molecule has 1 amide bonds. The van der Waals surface area contributed by atoms with Crippen LogP contribution in [0.2, 0.25) is 0 Å². The van der Waals surface area contributed by atoms with E-state index in [1.54, 1.807) is 14.2 Å². The Morgan fingerprint density at radius 1 is 1.12 bits per heavy atom. The first-order valence-electron chi connectivity index (χ1n) is 9.02. The second-order valence-electron chi connectivity index (χ2n) is 6.73. The molecule has 0 radical (unpaired) electrons. The molecule has 2 N–H and O–H groups in total. The van der Waals surface area contributed by atoms with Crippen LogP contribution in [0.4, 0.5) is 0 Å². The predicted molar refractivity (Wildman–Crippen MR) is 101 cm³/mol. The average Bonchev–Trinajstić information content (AvgIpc) is 2.70. The molecule has 0 fully saturated rings. The summed E-state index contributed by atoms with van der Waals surface area (Å²) in [5.74, 6) is 1.44. The predicted octanol–water partition coefficient (Wildman–Crippen LogP) is 1.35. The fraction of sp³-hybridized carbons (Fsp3) is 0.381. The Bertz CT molecular complexity index is 776. The van der Waals surface area contributed by atoms with Gasteiger partial charge in [-0.25, -0.2) is 0 Å². The highest BCUT2D eigenvalue weighted by atomic mass is 16.5. The van der Waals surface area contributed by atoms with Crippen molar-refractivity contribution in [2.45, 2.75) is 32.5 Å². The number of benzene rings is 2. The van der Waals surface area contributed by atoms with Gasteiger partial charge in [-0.3, -0.25) is 4.79 Å². The third kappa shape index (κ3) is 3.99. The highest BCUT2D eigenvalue weighted by Crippen LogP contribution is 2.27. The van der Waals surface area contributed by atoms with Crippen molar-refractivity contribution in [2.24, 2.45) is 0 Å². The first-order valence-corrected chi connectivity index (χ1v) is 9.02. The van der Waals surface area contributed by atoms with Crippen molar-refractivity contribution in [2.75, 3.05) is 20.8 Å². The summed E-state index contributed by atoms with van der Waals surface area (Å²) in [5.41, 5.74) is 3.75. The van der Waals surface area contributed by atoms with Crippen molar-refractivity contribution in [1.82, 2.24) is 5.32 Å². The minimum absolute atomic E-state index is 0.0779. The van der Waals surface area contributed by atoms with E-state index in [4.69, 9.17) is 9.47 Å². The number of carbonyl (C=O) groups excluding carboxylic acids is 1. The molecule has 1 heterocycles. The molecule has 1 unspecified atom stereocenters. The van der Waals surface area contributed by atoms with E-state index in [0.29, 0.717) is 18.0 Å². The standard InChI is InChI=1S/C21H26N2O3/c1-15(23-11-10-17-6-4-5-7-18(17)14-23)21(24)22-13-16-8-9-19(25-2)20(12-16)26-3/h4-9,12,15H,10-11,13-14H2,1-3H3,(H,22,24)/p+1/t15-/m0/s1. The molecule has 5 nitrogen and oxygen atoms in total. The lowest BCUT2D eigenvalue weighted by molar-refractivity contribution is -0.929. The van der Waals surface area contributed by atoms with E-state index in [-0.39, 0.29) is 11.9 Å². The zero-order chi connectivity index (χ0) is 18.5. The van der Waals surface area contributed by atoms with Gasteiger partial charge in [0.05, 0.1) is 20.8 Å². The van der Waals surface area contributed by atoms with Gasteiger partial charge in [0.15, 0.2) is 17.5 Å². The lowest BCUT2D eigenvalue weighted by Crippen LogP contribution is -3.16. The largest absolute Gasteiger partial charge is 0.493 e. The van der Waals surface area contributed by atoms with Crippen LogP contribution < -0.4 is 19.7 Å². The molecule has 2 aromatic carbocycles. The highest BCUT2D eigenvalue weighted by molar-refractivity contribution is 5.79. The van der Waals surface area contributed by atoms with Crippen LogP contribution in [0.15, 0.2) is 42.5 Å². The molecular formula is C21H27N2O3+. The summed E-state index contributed by atoms with van der Waals surface area (Å²) in [6.07, 6.45) is 1.03. The van der Waals surface area contributed by atoms with Crippen LogP contribution in [-0.2, 0) is 24.3 Å². The molecule has 0 bridgehead atoms. The molecular weight excluding hydrogens is 328 g/mol. The zero-order valence-corrected chi connectivity index (χ0v) is 15.7. The third-order valence-electron chi connectivity index (χ3n) is 5.17. The number of methoxy groups -OCH3 is 2. The topological polar surface area (TPSA) is 52.0 Å². The molecule has 1 aliphatic rings. The van der Waals surface area contributed by atoms with Crippen LogP contribution >= 0.6 is 0 Å². The SMILES string of the molecule is COc1ccc(CNC(=O)[C@H](C)[NH+]2CCc3ccccc3C2)cc1OC. The Morgan fingerprint density at radius 3 is 2.58 bits per heavy atom. The van der Waals surface area contributed by atoms with Gasteiger partial charge in [0.1, 0.15) is 6.54 Å². The van der Waals surface area contributed by atoms with E-state index >= 15 is 0 Å². The Kier molecular flexibility index (Phi) is 5.78. The van der Waals surface area contributed by atoms with Gasteiger partial charge in [-0.05, 0) is 30.2 Å². The van der Waals surface area contributed by atoms with E-state index in [2.05, 4.69) is 29.6 Å². The second kappa shape index (κ2) is 8.23. The number of nitrogens with one attached hydrogen (secondary N) is 2. The smallest absolute Gasteiger partial charge is 0.278 e. The maximum atomic E-state index is 12.6. The normalized spacial score (nSPS) is 17.1. The molecule has 2 aromatic rings. The molecule has 0 aliphatic carbocycles. The lowest BCUT2D eigenvalue weighted by Gasteiger charge is -2.30. The van der Waals surface area contributed by atoms with Crippen LogP contribution in [0.3, 0.4) is 0 Å². The van der Waals surface area contributed by atoms with Gasteiger partial charge in [0, 0.05) is 18.5 Å². The molecule has 0 spiro atoms. The summed E-state index contributed by atoms with van der Waals surface area (Å²) in [7, 11) is 3.22. The monoisotopic (exact) mass is 355 g/mol. The molecule has 0 saturated carbocycles. The number of fused-ring (bicyclic) bond motifs is 1. The van der Waals surface area contributed by atoms with E-state index in [1.165, 1.54) is 16.0 Å². The highest BCUT2D eigenvalue weighted by Gasteiger charge is 2.28. The van der Waals surface area contributed by atoms with Crippen molar-refractivity contribution in [3.8, 4) is 11.5 Å². The third-order valence-corrected chi connectivity index (χ3v) is 5.17. The van der Waals surface area contributed by atoms with E-state index < -0.39 is 0 Å². The van der Waals surface area contributed by atoms with Crippen molar-refractivity contribution in [3.63, 3.8) is 0 Å².